The van der Waals surface area contributed by atoms with Crippen molar-refractivity contribution in [3.8, 4) is 0 Å². The highest BCUT2D eigenvalue weighted by Crippen LogP contribution is 2.13. The summed E-state index contributed by atoms with van der Waals surface area (Å²) in [7, 11) is 0. The van der Waals surface area contributed by atoms with E-state index in [4.69, 9.17) is 5.73 Å². The molecule has 0 spiro atoms. The normalized spacial score (nSPS) is 15.9. The maximum Gasteiger partial charge on any atom is 1.00 e. The molecule has 2 nitrogen and oxygen atoms in total. The van der Waals surface area contributed by atoms with Gasteiger partial charge in [-0.3, -0.25) is 0 Å². The maximum absolute atomic E-state index is 9.47. The smallest absolute Gasteiger partial charge is 0.387 e. The topological polar surface area (TPSA) is 46.2 Å². The highest BCUT2D eigenvalue weighted by Gasteiger charge is 2.10. The maximum atomic E-state index is 9.47. The van der Waals surface area contributed by atoms with Crippen LogP contribution >= 0.6 is 0 Å². The summed E-state index contributed by atoms with van der Waals surface area (Å²) >= 11 is 0. The monoisotopic (exact) mass is 152 g/mol. The van der Waals surface area contributed by atoms with Crippen molar-refractivity contribution in [1.29, 1.82) is 0 Å². The summed E-state index contributed by atoms with van der Waals surface area (Å²) in [6.07, 6.45) is -0.545. The number of hydrogen-bond donors (Lipinski definition) is 2. The summed E-state index contributed by atoms with van der Waals surface area (Å²) in [5.74, 6) is 0. The largest absolute Gasteiger partial charge is 1.00 e. The third-order valence-corrected chi connectivity index (χ3v) is 1.64. The minimum atomic E-state index is -0.545. The summed E-state index contributed by atoms with van der Waals surface area (Å²) in [4.78, 5) is 0. The molecule has 1 aromatic rings. The molecule has 0 aliphatic heterocycles. The molecule has 0 amide bonds. The Labute approximate surface area is 68.1 Å². The van der Waals surface area contributed by atoms with Gasteiger partial charge in [0.2, 0.25) is 0 Å². The quantitative estimate of drug-likeness (QED) is 0.668. The lowest BCUT2D eigenvalue weighted by molar-refractivity contribution is 0.153. The Morgan fingerprint density at radius 1 is 1.36 bits per heavy atom. The number of aliphatic hydroxyl groups is 1. The second-order valence-corrected chi connectivity index (χ2v) is 2.71. The average molecular weight is 152 g/mol. The van der Waals surface area contributed by atoms with Crippen molar-refractivity contribution < 1.29 is 6.53 Å². The third-order valence-electron chi connectivity index (χ3n) is 1.64. The van der Waals surface area contributed by atoms with Crippen LogP contribution in [0.5, 0.6) is 0 Å². The first kappa shape index (κ1) is 8.24. The fourth-order valence-electron chi connectivity index (χ4n) is 0.954. The van der Waals surface area contributed by atoms with Crippen molar-refractivity contribution in [2.75, 3.05) is 0 Å². The Balaban J connectivity index is 0.00000121. The van der Waals surface area contributed by atoms with E-state index >= 15 is 0 Å². The van der Waals surface area contributed by atoms with Crippen LogP contribution in [0.1, 0.15) is 20.0 Å². The minimum absolute atomic E-state index is 0. The zero-order valence-electron chi connectivity index (χ0n) is 7.57. The minimum Gasteiger partial charge on any atom is -0.387 e. The number of hydrogen-bond acceptors (Lipinski definition) is 2. The van der Waals surface area contributed by atoms with E-state index < -0.39 is 6.10 Å². The molecule has 0 aromatic heterocycles. The Morgan fingerprint density at radius 3 is 2.36 bits per heavy atom. The second kappa shape index (κ2) is 3.51. The van der Waals surface area contributed by atoms with Gasteiger partial charge in [-0.2, -0.15) is 0 Å². The molecule has 0 aliphatic carbocycles. The first-order chi connectivity index (χ1) is 5.22. The summed E-state index contributed by atoms with van der Waals surface area (Å²) in [5, 5.41) is 9.47. The van der Waals surface area contributed by atoms with Gasteiger partial charge in [0.1, 0.15) is 0 Å². The Bertz CT molecular complexity index is 213. The Morgan fingerprint density at radius 2 is 1.91 bits per heavy atom. The molecule has 0 aliphatic rings. The van der Waals surface area contributed by atoms with Gasteiger partial charge >= 0.3 is 1.43 Å². The molecule has 2 atom stereocenters. The van der Waals surface area contributed by atoms with Crippen LogP contribution in [0.4, 0.5) is 0 Å². The lowest BCUT2D eigenvalue weighted by Crippen LogP contribution is -2.24. The van der Waals surface area contributed by atoms with E-state index in [9.17, 15) is 5.11 Å². The fourth-order valence-corrected chi connectivity index (χ4v) is 0.954. The van der Waals surface area contributed by atoms with E-state index in [1.54, 1.807) is 6.92 Å². The predicted molar refractivity (Wildman–Crippen MR) is 46.2 cm³/mol. The summed E-state index contributed by atoms with van der Waals surface area (Å²) in [5.41, 5.74) is 6.40. The molecule has 1 rings (SSSR count). The van der Waals surface area contributed by atoms with Crippen LogP contribution in [0, 0.1) is 0 Å². The van der Waals surface area contributed by atoms with Crippen molar-refractivity contribution in [2.45, 2.75) is 19.1 Å². The molecule has 3 N–H and O–H groups in total. The molecular formula is C9H14NO+. The lowest BCUT2D eigenvalue weighted by atomic mass is 10.0. The van der Waals surface area contributed by atoms with Crippen LogP contribution in [0.15, 0.2) is 30.3 Å². The van der Waals surface area contributed by atoms with Gasteiger partial charge in [-0.15, -0.1) is 0 Å². The molecule has 2 heteroatoms. The van der Waals surface area contributed by atoms with E-state index in [1.807, 2.05) is 30.3 Å². The number of rotatable bonds is 2. The molecule has 0 saturated carbocycles. The highest BCUT2D eigenvalue weighted by molar-refractivity contribution is 5.18. The van der Waals surface area contributed by atoms with Crippen molar-refractivity contribution in [3.05, 3.63) is 35.9 Å². The van der Waals surface area contributed by atoms with Gasteiger partial charge in [0.15, 0.2) is 0 Å². The zero-order chi connectivity index (χ0) is 8.27. The van der Waals surface area contributed by atoms with Gasteiger partial charge in [-0.05, 0) is 12.5 Å². The summed E-state index contributed by atoms with van der Waals surface area (Å²) in [6.45, 7) is 1.79. The Kier molecular flexibility index (Phi) is 2.63. The molecule has 0 heterocycles. The van der Waals surface area contributed by atoms with Crippen molar-refractivity contribution >= 4 is 0 Å². The van der Waals surface area contributed by atoms with Crippen LogP contribution < -0.4 is 5.73 Å². The first-order valence-corrected chi connectivity index (χ1v) is 3.70. The van der Waals surface area contributed by atoms with Crippen molar-refractivity contribution in [3.63, 3.8) is 0 Å². The fraction of sp³-hybridized carbons (Fsp3) is 0.333. The van der Waals surface area contributed by atoms with E-state index in [1.165, 1.54) is 0 Å². The van der Waals surface area contributed by atoms with Crippen LogP contribution in [-0.2, 0) is 0 Å². The zero-order valence-corrected chi connectivity index (χ0v) is 6.57. The standard InChI is InChI=1S/C9H13NO/c1-7(10)9(11)8-5-3-2-4-6-8/h2-7,9,11H,10H2,1H3/p+1. The van der Waals surface area contributed by atoms with E-state index in [-0.39, 0.29) is 7.47 Å². The number of nitrogens with two attached hydrogens (primary N) is 1. The van der Waals surface area contributed by atoms with Gasteiger partial charge in [0.25, 0.3) is 0 Å². The molecule has 2 unspecified atom stereocenters. The van der Waals surface area contributed by atoms with Crippen LogP contribution in [0.25, 0.3) is 0 Å². The summed E-state index contributed by atoms with van der Waals surface area (Å²) in [6, 6.07) is 9.22. The molecule has 0 fully saturated rings. The summed E-state index contributed by atoms with van der Waals surface area (Å²) < 4.78 is 0. The molecule has 1 aromatic carbocycles. The van der Waals surface area contributed by atoms with Crippen LogP contribution in [-0.4, -0.2) is 11.1 Å². The van der Waals surface area contributed by atoms with E-state index in [0.29, 0.717) is 0 Å². The molecular weight excluding hydrogens is 138 g/mol. The number of benzene rings is 1. The molecule has 0 bridgehead atoms. The first-order valence-electron chi connectivity index (χ1n) is 3.70. The lowest BCUT2D eigenvalue weighted by Gasteiger charge is -2.13. The van der Waals surface area contributed by atoms with E-state index in [0.717, 1.165) is 5.56 Å². The van der Waals surface area contributed by atoms with Crippen LogP contribution in [0.3, 0.4) is 0 Å². The van der Waals surface area contributed by atoms with Crippen LogP contribution in [0.2, 0.25) is 0 Å². The van der Waals surface area contributed by atoms with Gasteiger partial charge < -0.3 is 10.8 Å². The van der Waals surface area contributed by atoms with Gasteiger partial charge in [0.05, 0.1) is 6.10 Å². The van der Waals surface area contributed by atoms with E-state index in [2.05, 4.69) is 0 Å². The second-order valence-electron chi connectivity index (χ2n) is 2.71. The molecule has 11 heavy (non-hydrogen) atoms. The van der Waals surface area contributed by atoms with Gasteiger partial charge in [-0.1, -0.05) is 30.3 Å². The highest BCUT2D eigenvalue weighted by atomic mass is 16.3. The average Bonchev–Trinajstić information content (AvgIpc) is 2.05. The molecule has 60 valence electrons. The number of aliphatic hydroxyl groups excluding tert-OH is 1. The third kappa shape index (κ3) is 2.03. The van der Waals surface area contributed by atoms with Gasteiger partial charge in [-0.25, -0.2) is 0 Å². The molecule has 0 radical (unpaired) electrons. The SMILES string of the molecule is CC(N)C(O)c1ccccc1.[H+]. The Hall–Kier alpha value is -0.860. The van der Waals surface area contributed by atoms with Gasteiger partial charge in [0, 0.05) is 6.04 Å². The van der Waals surface area contributed by atoms with Crippen molar-refractivity contribution in [2.24, 2.45) is 5.73 Å². The molecule has 0 saturated heterocycles. The van der Waals surface area contributed by atoms with Crippen molar-refractivity contribution in [1.82, 2.24) is 0 Å². The predicted octanol–water partition coefficient (Wildman–Crippen LogP) is 1.18.